The Morgan fingerprint density at radius 1 is 1.27 bits per heavy atom. The van der Waals surface area contributed by atoms with Crippen molar-refractivity contribution in [3.05, 3.63) is 40.6 Å². The Kier molecular flexibility index (Phi) is 5.66. The second-order valence-electron chi connectivity index (χ2n) is 6.78. The average molecular weight is 478 g/mol. The third-order valence-electron chi connectivity index (χ3n) is 4.86. The Balaban J connectivity index is 1.74. The number of rotatable bonds is 5. The summed E-state index contributed by atoms with van der Waals surface area (Å²) in [6, 6.07) is 7.62. The number of benzene rings is 1. The van der Waals surface area contributed by atoms with Gasteiger partial charge >= 0.3 is 0 Å². The second-order valence-corrected chi connectivity index (χ2v) is 7.70. The molecule has 4 unspecified atom stereocenters. The lowest BCUT2D eigenvalue weighted by Crippen LogP contribution is -2.33. The first-order chi connectivity index (χ1) is 14.4. The van der Waals surface area contributed by atoms with Crippen LogP contribution in [0.4, 0.5) is 11.8 Å². The van der Waals surface area contributed by atoms with Crippen LogP contribution in [0.5, 0.6) is 0 Å². The number of hydrogen-bond acceptors (Lipinski definition) is 10. The summed E-state index contributed by atoms with van der Waals surface area (Å²) in [5.74, 6) is 0.325. The van der Waals surface area contributed by atoms with E-state index in [-0.39, 0.29) is 22.9 Å². The molecule has 0 spiro atoms. The number of aliphatic hydroxyl groups excluding tert-OH is 3. The number of nitrogens with two attached hydrogens (primary N) is 1. The molecule has 11 nitrogen and oxygen atoms in total. The molecule has 0 radical (unpaired) electrons. The number of aromatic nitrogens is 4. The zero-order valence-electron chi connectivity index (χ0n) is 15.8. The number of ether oxygens (including phenoxy) is 1. The summed E-state index contributed by atoms with van der Waals surface area (Å²) in [5.41, 5.74) is 10.9. The molecule has 4 rings (SSSR count). The molecule has 1 aliphatic heterocycles. The number of anilines is 2. The van der Waals surface area contributed by atoms with E-state index in [1.165, 1.54) is 10.9 Å². The number of fused-ring (bicyclic) bond motifs is 1. The largest absolute Gasteiger partial charge is 0.394 e. The van der Waals surface area contributed by atoms with Crippen molar-refractivity contribution < 1.29 is 20.1 Å². The van der Waals surface area contributed by atoms with E-state index in [9.17, 15) is 15.3 Å². The predicted molar refractivity (Wildman–Crippen MR) is 113 cm³/mol. The summed E-state index contributed by atoms with van der Waals surface area (Å²) in [6.07, 6.45) is -3.37. The van der Waals surface area contributed by atoms with Gasteiger partial charge in [-0.25, -0.2) is 20.4 Å². The number of imidazole rings is 1. The second kappa shape index (κ2) is 8.24. The topological polar surface area (TPSA) is 164 Å². The van der Waals surface area contributed by atoms with E-state index in [0.29, 0.717) is 5.71 Å². The summed E-state index contributed by atoms with van der Waals surface area (Å²) in [6.45, 7) is 1.37. The van der Waals surface area contributed by atoms with E-state index in [2.05, 4.69) is 41.4 Å². The number of halogens is 1. The Hall–Kier alpha value is -2.64. The minimum absolute atomic E-state index is 0.141. The summed E-state index contributed by atoms with van der Waals surface area (Å²) >= 11 is 3.40. The zero-order valence-corrected chi connectivity index (χ0v) is 17.4. The van der Waals surface area contributed by atoms with Crippen molar-refractivity contribution in [3.63, 3.8) is 0 Å². The van der Waals surface area contributed by atoms with Crippen molar-refractivity contribution in [2.24, 2.45) is 5.10 Å². The molecular weight excluding hydrogens is 458 g/mol. The van der Waals surface area contributed by atoms with Gasteiger partial charge in [0, 0.05) is 4.47 Å². The van der Waals surface area contributed by atoms with Gasteiger partial charge in [0.15, 0.2) is 23.2 Å². The normalized spacial score (nSPS) is 24.5. The summed E-state index contributed by atoms with van der Waals surface area (Å²) in [4.78, 5) is 12.5. The van der Waals surface area contributed by atoms with Gasteiger partial charge in [-0.3, -0.25) is 4.57 Å². The number of nitrogen functional groups attached to an aromatic ring is 1. The number of nitrogens with zero attached hydrogens (tertiary/aromatic N) is 5. The Labute approximate surface area is 179 Å². The van der Waals surface area contributed by atoms with Gasteiger partial charge in [-0.2, -0.15) is 5.10 Å². The van der Waals surface area contributed by atoms with Gasteiger partial charge < -0.3 is 25.8 Å². The maximum absolute atomic E-state index is 10.5. The molecule has 12 heteroatoms. The van der Waals surface area contributed by atoms with Crippen LogP contribution >= 0.6 is 15.9 Å². The van der Waals surface area contributed by atoms with Crippen LogP contribution in [-0.4, -0.2) is 65.5 Å². The number of aliphatic hydroxyl groups is 3. The molecular formula is C18H20BrN7O4. The van der Waals surface area contributed by atoms with Gasteiger partial charge in [0.25, 0.3) is 0 Å². The minimum atomic E-state index is -1.33. The van der Waals surface area contributed by atoms with Gasteiger partial charge in [0.05, 0.1) is 12.3 Å². The number of hydrazone groups is 1. The summed E-state index contributed by atoms with van der Waals surface area (Å²) in [7, 11) is 0. The maximum Gasteiger partial charge on any atom is 0.228 e. The van der Waals surface area contributed by atoms with Gasteiger partial charge in [0.1, 0.15) is 24.6 Å². The van der Waals surface area contributed by atoms with E-state index in [0.717, 1.165) is 10.0 Å². The van der Waals surface area contributed by atoms with Crippen molar-refractivity contribution in [2.45, 2.75) is 31.5 Å². The molecule has 0 amide bonds. The molecule has 1 aliphatic rings. The molecule has 1 aromatic carbocycles. The van der Waals surface area contributed by atoms with E-state index in [1.54, 1.807) is 0 Å². The third-order valence-corrected chi connectivity index (χ3v) is 5.39. The first-order valence-electron chi connectivity index (χ1n) is 9.07. The number of hydrogen-bond donors (Lipinski definition) is 5. The fraction of sp³-hybridized carbons (Fsp3) is 0.333. The molecule has 1 fully saturated rings. The molecule has 6 N–H and O–H groups in total. The van der Waals surface area contributed by atoms with Gasteiger partial charge in [0.2, 0.25) is 5.95 Å². The van der Waals surface area contributed by atoms with Crippen LogP contribution in [0.3, 0.4) is 0 Å². The van der Waals surface area contributed by atoms with Crippen molar-refractivity contribution >= 4 is 44.6 Å². The van der Waals surface area contributed by atoms with Gasteiger partial charge in [-0.05, 0) is 24.6 Å². The standard InChI is InChI=1S/C18H20BrN7O4/c1-8(9-2-4-10(19)5-3-9)24-25-18-23-12-15(20)21-7-22-16(12)26(18)17-14(29)13(28)11(6-27)30-17/h2-5,7,11,13-14,17,27-29H,6H2,1H3,(H,23,25)(H2,20,21,22)/b24-8-. The first kappa shape index (κ1) is 20.6. The SMILES string of the molecule is C/C(=N/Nc1nc2c(N)ncnc2n1C1OC(CO)C(O)C1O)c1ccc(Br)cc1. The smallest absolute Gasteiger partial charge is 0.228 e. The van der Waals surface area contributed by atoms with Crippen molar-refractivity contribution in [1.82, 2.24) is 19.5 Å². The highest BCUT2D eigenvalue weighted by molar-refractivity contribution is 9.10. The molecule has 30 heavy (non-hydrogen) atoms. The molecule has 3 heterocycles. The fourth-order valence-electron chi connectivity index (χ4n) is 3.23. The third kappa shape index (κ3) is 3.63. The Bertz CT molecular complexity index is 1090. The van der Waals surface area contributed by atoms with Crippen LogP contribution in [0, 0.1) is 0 Å². The lowest BCUT2D eigenvalue weighted by Gasteiger charge is -2.19. The van der Waals surface area contributed by atoms with Crippen LogP contribution < -0.4 is 11.2 Å². The van der Waals surface area contributed by atoms with Crippen molar-refractivity contribution in [1.29, 1.82) is 0 Å². The summed E-state index contributed by atoms with van der Waals surface area (Å²) in [5, 5.41) is 34.4. The van der Waals surface area contributed by atoms with Crippen LogP contribution in [0.2, 0.25) is 0 Å². The molecule has 1 saturated heterocycles. The molecule has 4 atom stereocenters. The zero-order chi connectivity index (χ0) is 21.4. The molecule has 158 valence electrons. The van der Waals surface area contributed by atoms with E-state index < -0.39 is 31.1 Å². The van der Waals surface area contributed by atoms with Crippen molar-refractivity contribution in [3.8, 4) is 0 Å². The van der Waals surface area contributed by atoms with Crippen LogP contribution in [0.1, 0.15) is 18.7 Å². The minimum Gasteiger partial charge on any atom is -0.394 e. The van der Waals surface area contributed by atoms with Crippen molar-refractivity contribution in [2.75, 3.05) is 17.8 Å². The molecule has 0 bridgehead atoms. The monoisotopic (exact) mass is 477 g/mol. The van der Waals surface area contributed by atoms with E-state index in [4.69, 9.17) is 10.5 Å². The molecule has 0 aliphatic carbocycles. The molecule has 0 saturated carbocycles. The highest BCUT2D eigenvalue weighted by Gasteiger charge is 2.45. The summed E-state index contributed by atoms with van der Waals surface area (Å²) < 4.78 is 8.04. The highest BCUT2D eigenvalue weighted by atomic mass is 79.9. The predicted octanol–water partition coefficient (Wildman–Crippen LogP) is 0.619. The van der Waals surface area contributed by atoms with E-state index in [1.807, 2.05) is 31.2 Å². The fourth-order valence-corrected chi connectivity index (χ4v) is 3.49. The van der Waals surface area contributed by atoms with Crippen LogP contribution in [0.15, 0.2) is 40.2 Å². The number of nitrogens with one attached hydrogen (secondary N) is 1. The Morgan fingerprint density at radius 2 is 2.00 bits per heavy atom. The van der Waals surface area contributed by atoms with Crippen LogP contribution in [-0.2, 0) is 4.74 Å². The van der Waals surface area contributed by atoms with Gasteiger partial charge in [-0.1, -0.05) is 28.1 Å². The lowest BCUT2D eigenvalue weighted by molar-refractivity contribution is -0.0501. The van der Waals surface area contributed by atoms with Crippen LogP contribution in [0.25, 0.3) is 11.2 Å². The quantitative estimate of drug-likeness (QED) is 0.261. The Morgan fingerprint density at radius 3 is 2.67 bits per heavy atom. The molecule has 2 aromatic heterocycles. The van der Waals surface area contributed by atoms with Gasteiger partial charge in [-0.15, -0.1) is 0 Å². The molecule has 3 aromatic rings. The lowest BCUT2D eigenvalue weighted by atomic mass is 10.1. The first-order valence-corrected chi connectivity index (χ1v) is 9.87. The maximum atomic E-state index is 10.5. The average Bonchev–Trinajstić information content (AvgIpc) is 3.25. The highest BCUT2D eigenvalue weighted by Crippen LogP contribution is 2.35. The van der Waals surface area contributed by atoms with E-state index >= 15 is 0 Å².